The largest absolute Gasteiger partial charge is 0.367 e. The summed E-state index contributed by atoms with van der Waals surface area (Å²) in [5.74, 6) is 1.45. The van der Waals surface area contributed by atoms with E-state index in [1.807, 2.05) is 7.05 Å². The smallest absolute Gasteiger partial charge is 0.226 e. The molecule has 101 valence electrons. The number of hydrogen-bond acceptors (Lipinski definition) is 5. The van der Waals surface area contributed by atoms with Crippen LogP contribution in [0.5, 0.6) is 0 Å². The van der Waals surface area contributed by atoms with Crippen LogP contribution >= 0.6 is 0 Å². The predicted molar refractivity (Wildman–Crippen MR) is 76.1 cm³/mol. The average Bonchev–Trinajstić information content (AvgIpc) is 2.89. The molecule has 0 spiro atoms. The second kappa shape index (κ2) is 5.05. The zero-order valence-corrected chi connectivity index (χ0v) is 11.0. The van der Waals surface area contributed by atoms with Crippen LogP contribution in [0, 0.1) is 6.07 Å². The highest BCUT2D eigenvalue weighted by molar-refractivity contribution is 5.87. The van der Waals surface area contributed by atoms with Crippen molar-refractivity contribution in [2.75, 3.05) is 17.7 Å². The number of nitrogens with zero attached hydrogens (tertiary/aromatic N) is 2. The van der Waals surface area contributed by atoms with Crippen molar-refractivity contribution >= 4 is 22.8 Å². The summed E-state index contributed by atoms with van der Waals surface area (Å²) in [7, 11) is 1.82. The van der Waals surface area contributed by atoms with E-state index in [1.165, 1.54) is 0 Å². The summed E-state index contributed by atoms with van der Waals surface area (Å²) in [5, 5.41) is 7.40. The summed E-state index contributed by atoms with van der Waals surface area (Å²) >= 11 is 0. The van der Waals surface area contributed by atoms with Crippen LogP contribution < -0.4 is 16.4 Å². The third-order valence-electron chi connectivity index (χ3n) is 3.67. The molecule has 0 atom stereocenters. The molecule has 0 unspecified atom stereocenters. The van der Waals surface area contributed by atoms with Gasteiger partial charge in [0.1, 0.15) is 11.5 Å². The molecule has 0 saturated heterocycles. The molecule has 5 N–H and O–H groups in total. The van der Waals surface area contributed by atoms with Crippen LogP contribution in [0.2, 0.25) is 0 Å². The highest BCUT2D eigenvalue weighted by atomic mass is 15.2. The third-order valence-corrected chi connectivity index (χ3v) is 3.67. The van der Waals surface area contributed by atoms with Gasteiger partial charge in [-0.05, 0) is 25.7 Å². The van der Waals surface area contributed by atoms with E-state index in [4.69, 9.17) is 5.73 Å². The number of rotatable bonds is 3. The Morgan fingerprint density at radius 1 is 1.32 bits per heavy atom. The Labute approximate surface area is 112 Å². The molecular formula is C13H19N6. The highest BCUT2D eigenvalue weighted by Gasteiger charge is 2.20. The quantitative estimate of drug-likeness (QED) is 0.670. The Morgan fingerprint density at radius 3 is 2.84 bits per heavy atom. The number of aromatic nitrogens is 3. The van der Waals surface area contributed by atoms with E-state index in [0.29, 0.717) is 18.0 Å². The monoisotopic (exact) mass is 259 g/mol. The number of aromatic amines is 1. The molecule has 2 aromatic rings. The van der Waals surface area contributed by atoms with Crippen LogP contribution in [0.15, 0.2) is 6.20 Å². The van der Waals surface area contributed by atoms with Crippen LogP contribution in [0.4, 0.5) is 11.8 Å². The molecule has 6 heteroatoms. The molecule has 1 radical (unpaired) electrons. The molecule has 0 amide bonds. The van der Waals surface area contributed by atoms with Crippen molar-refractivity contribution in [1.29, 1.82) is 0 Å². The van der Waals surface area contributed by atoms with Crippen LogP contribution in [-0.4, -0.2) is 34.1 Å². The predicted octanol–water partition coefficient (Wildman–Crippen LogP) is 1.48. The number of fused-ring (bicyclic) bond motifs is 1. The number of H-pyrrole nitrogens is 1. The van der Waals surface area contributed by atoms with Gasteiger partial charge in [0.05, 0.1) is 5.39 Å². The van der Waals surface area contributed by atoms with E-state index in [9.17, 15) is 0 Å². The minimum Gasteiger partial charge on any atom is -0.367 e. The van der Waals surface area contributed by atoms with E-state index < -0.39 is 0 Å². The zero-order valence-electron chi connectivity index (χ0n) is 11.0. The molecule has 0 bridgehead atoms. The maximum Gasteiger partial charge on any atom is 0.226 e. The summed E-state index contributed by atoms with van der Waals surface area (Å²) in [6.45, 7) is 0. The standard InChI is InChI=1S/C13H19N6/c1-15-13-18-11-10(6-7-16-11)12(19-13)17-9-4-2-8(14)3-5-9/h7-9H,2-5,14H2,1H3,(H3,15,16,17,18,19). The second-order valence-corrected chi connectivity index (χ2v) is 5.06. The first-order chi connectivity index (χ1) is 9.26. The maximum absolute atomic E-state index is 5.94. The molecule has 2 aromatic heterocycles. The van der Waals surface area contributed by atoms with Gasteiger partial charge in [-0.1, -0.05) is 0 Å². The van der Waals surface area contributed by atoms with E-state index in [0.717, 1.165) is 42.5 Å². The van der Waals surface area contributed by atoms with Crippen molar-refractivity contribution < 1.29 is 0 Å². The van der Waals surface area contributed by atoms with Crippen molar-refractivity contribution in [3.05, 3.63) is 12.3 Å². The molecule has 19 heavy (non-hydrogen) atoms. The Balaban J connectivity index is 1.85. The minimum absolute atomic E-state index is 0.357. The molecule has 2 heterocycles. The molecule has 3 rings (SSSR count). The van der Waals surface area contributed by atoms with Gasteiger partial charge < -0.3 is 21.4 Å². The Bertz CT molecular complexity index is 555. The van der Waals surface area contributed by atoms with E-state index >= 15 is 0 Å². The lowest BCUT2D eigenvalue weighted by Gasteiger charge is -2.27. The molecule has 1 saturated carbocycles. The summed E-state index contributed by atoms with van der Waals surface area (Å²) in [6, 6.07) is 3.93. The number of nitrogens with one attached hydrogen (secondary N) is 3. The normalized spacial score (nSPS) is 23.5. The number of anilines is 2. The lowest BCUT2D eigenvalue weighted by atomic mass is 9.92. The lowest BCUT2D eigenvalue weighted by molar-refractivity contribution is 0.410. The fraction of sp³-hybridized carbons (Fsp3) is 0.538. The van der Waals surface area contributed by atoms with Gasteiger partial charge in [0.15, 0.2) is 0 Å². The first-order valence-corrected chi connectivity index (χ1v) is 6.73. The topological polar surface area (TPSA) is 91.6 Å². The van der Waals surface area contributed by atoms with Gasteiger partial charge in [-0.25, -0.2) is 0 Å². The van der Waals surface area contributed by atoms with Crippen molar-refractivity contribution in [3.63, 3.8) is 0 Å². The van der Waals surface area contributed by atoms with E-state index in [1.54, 1.807) is 6.20 Å². The molecule has 0 aromatic carbocycles. The average molecular weight is 259 g/mol. The SMILES string of the molecule is CNc1nc(NC2CCC(N)CC2)c2[c]c[nH]c2n1. The number of hydrogen-bond donors (Lipinski definition) is 4. The van der Waals surface area contributed by atoms with Crippen molar-refractivity contribution in [2.24, 2.45) is 5.73 Å². The molecule has 0 aliphatic heterocycles. The Morgan fingerprint density at radius 2 is 2.11 bits per heavy atom. The maximum atomic E-state index is 5.94. The summed E-state index contributed by atoms with van der Waals surface area (Å²) in [5.41, 5.74) is 6.74. The summed E-state index contributed by atoms with van der Waals surface area (Å²) < 4.78 is 0. The Hall–Kier alpha value is -1.82. The van der Waals surface area contributed by atoms with E-state index in [2.05, 4.69) is 31.7 Å². The zero-order chi connectivity index (χ0) is 13.2. The van der Waals surface area contributed by atoms with Gasteiger partial charge in [0.2, 0.25) is 5.95 Å². The molecular weight excluding hydrogens is 240 g/mol. The molecule has 6 nitrogen and oxygen atoms in total. The van der Waals surface area contributed by atoms with Gasteiger partial charge in [-0.2, -0.15) is 9.97 Å². The van der Waals surface area contributed by atoms with Gasteiger partial charge in [0, 0.05) is 31.4 Å². The highest BCUT2D eigenvalue weighted by Crippen LogP contribution is 2.25. The molecule has 1 aliphatic rings. The van der Waals surface area contributed by atoms with Crippen LogP contribution in [0.25, 0.3) is 11.0 Å². The number of nitrogens with two attached hydrogens (primary N) is 1. The van der Waals surface area contributed by atoms with Crippen molar-refractivity contribution in [2.45, 2.75) is 37.8 Å². The van der Waals surface area contributed by atoms with Gasteiger partial charge in [-0.3, -0.25) is 0 Å². The first kappa shape index (κ1) is 12.2. The van der Waals surface area contributed by atoms with Crippen molar-refractivity contribution in [1.82, 2.24) is 15.0 Å². The minimum atomic E-state index is 0.357. The fourth-order valence-electron chi connectivity index (χ4n) is 2.55. The lowest BCUT2D eigenvalue weighted by Crippen LogP contribution is -2.33. The van der Waals surface area contributed by atoms with E-state index in [-0.39, 0.29) is 0 Å². The van der Waals surface area contributed by atoms with Gasteiger partial charge in [-0.15, -0.1) is 0 Å². The van der Waals surface area contributed by atoms with Gasteiger partial charge in [0.25, 0.3) is 0 Å². The fourth-order valence-corrected chi connectivity index (χ4v) is 2.55. The van der Waals surface area contributed by atoms with Crippen molar-refractivity contribution in [3.8, 4) is 0 Å². The van der Waals surface area contributed by atoms with Crippen LogP contribution in [0.3, 0.4) is 0 Å². The summed E-state index contributed by atoms with van der Waals surface area (Å²) in [6.07, 6.45) is 6.09. The molecule has 1 aliphatic carbocycles. The van der Waals surface area contributed by atoms with Crippen LogP contribution in [0.1, 0.15) is 25.7 Å². The summed E-state index contributed by atoms with van der Waals surface area (Å²) in [4.78, 5) is 11.9. The molecule has 1 fully saturated rings. The Kier molecular flexibility index (Phi) is 3.25. The first-order valence-electron chi connectivity index (χ1n) is 6.73. The van der Waals surface area contributed by atoms with Gasteiger partial charge >= 0.3 is 0 Å². The third kappa shape index (κ3) is 2.49. The van der Waals surface area contributed by atoms with Crippen LogP contribution in [-0.2, 0) is 0 Å². The second-order valence-electron chi connectivity index (χ2n) is 5.06.